The van der Waals surface area contributed by atoms with Crippen molar-refractivity contribution in [2.45, 2.75) is 13.8 Å². The molecule has 0 aliphatic heterocycles. The second-order valence-electron chi connectivity index (χ2n) is 5.27. The van der Waals surface area contributed by atoms with E-state index in [0.29, 0.717) is 30.6 Å². The van der Waals surface area contributed by atoms with E-state index < -0.39 is 0 Å². The van der Waals surface area contributed by atoms with Crippen molar-refractivity contribution >= 4 is 0 Å². The van der Waals surface area contributed by atoms with Crippen LogP contribution in [-0.4, -0.2) is 35.5 Å². The smallest absolute Gasteiger partial charge is 0.181 e. The van der Waals surface area contributed by atoms with Gasteiger partial charge in [-0.2, -0.15) is 5.10 Å². The molecule has 3 aromatic rings. The molecule has 0 saturated heterocycles. The first-order valence-corrected chi connectivity index (χ1v) is 8.22. The van der Waals surface area contributed by atoms with Gasteiger partial charge in [-0.05, 0) is 44.2 Å². The molecule has 0 aliphatic carbocycles. The summed E-state index contributed by atoms with van der Waals surface area (Å²) in [6.07, 6.45) is 0. The second kappa shape index (κ2) is 7.70. The van der Waals surface area contributed by atoms with Gasteiger partial charge in [-0.3, -0.25) is 5.10 Å². The molecule has 130 valence electrons. The maximum Gasteiger partial charge on any atom is 0.181 e. The monoisotopic (exact) mass is 339 g/mol. The number of nitrogens with zero attached hydrogens (tertiary/aromatic N) is 2. The van der Waals surface area contributed by atoms with Crippen molar-refractivity contribution in [3.05, 3.63) is 42.5 Å². The number of H-pyrrole nitrogens is 1. The Morgan fingerprint density at radius 1 is 0.920 bits per heavy atom. The van der Waals surface area contributed by atoms with Gasteiger partial charge in [0.15, 0.2) is 23.1 Å². The lowest BCUT2D eigenvalue weighted by Crippen LogP contribution is -1.98. The van der Waals surface area contributed by atoms with Gasteiger partial charge in [0.05, 0.1) is 20.3 Å². The molecule has 0 amide bonds. The van der Waals surface area contributed by atoms with E-state index in [0.717, 1.165) is 22.6 Å². The maximum absolute atomic E-state index is 5.67. The molecule has 3 rings (SSSR count). The van der Waals surface area contributed by atoms with Gasteiger partial charge in [0.1, 0.15) is 5.75 Å². The maximum atomic E-state index is 5.67. The lowest BCUT2D eigenvalue weighted by molar-refractivity contribution is 0.288. The third kappa shape index (κ3) is 3.74. The molecule has 0 atom stereocenters. The van der Waals surface area contributed by atoms with E-state index in [1.165, 1.54) is 0 Å². The molecular weight excluding hydrogens is 318 g/mol. The molecule has 2 aromatic carbocycles. The topological polar surface area (TPSA) is 69.3 Å². The van der Waals surface area contributed by atoms with Crippen LogP contribution < -0.4 is 14.2 Å². The Morgan fingerprint density at radius 2 is 1.72 bits per heavy atom. The van der Waals surface area contributed by atoms with E-state index in [4.69, 9.17) is 14.2 Å². The quantitative estimate of drug-likeness (QED) is 0.706. The number of rotatable bonds is 7. The van der Waals surface area contributed by atoms with E-state index in [2.05, 4.69) is 15.2 Å². The minimum absolute atomic E-state index is 0.564. The van der Waals surface area contributed by atoms with Crippen molar-refractivity contribution in [1.82, 2.24) is 15.2 Å². The number of aromatic nitrogens is 3. The zero-order valence-electron chi connectivity index (χ0n) is 14.6. The Bertz CT molecular complexity index is 845. The molecule has 0 saturated carbocycles. The van der Waals surface area contributed by atoms with Crippen LogP contribution >= 0.6 is 0 Å². The fourth-order valence-electron chi connectivity index (χ4n) is 2.48. The van der Waals surface area contributed by atoms with Gasteiger partial charge in [-0.25, -0.2) is 4.98 Å². The molecule has 0 unspecified atom stereocenters. The Morgan fingerprint density at radius 3 is 2.48 bits per heavy atom. The molecular formula is C19H21N3O3. The highest BCUT2D eigenvalue weighted by Gasteiger charge is 2.12. The van der Waals surface area contributed by atoms with E-state index in [1.807, 2.05) is 56.3 Å². The van der Waals surface area contributed by atoms with Crippen molar-refractivity contribution in [2.75, 3.05) is 20.3 Å². The summed E-state index contributed by atoms with van der Waals surface area (Å²) in [7, 11) is 1.64. The van der Waals surface area contributed by atoms with Crippen molar-refractivity contribution in [3.8, 4) is 40.0 Å². The minimum Gasteiger partial charge on any atom is -0.497 e. The minimum atomic E-state index is 0.564. The van der Waals surface area contributed by atoms with E-state index in [9.17, 15) is 0 Å². The number of aromatic amines is 1. The Hall–Kier alpha value is -3.02. The fraction of sp³-hybridized carbons (Fsp3) is 0.263. The molecule has 25 heavy (non-hydrogen) atoms. The molecule has 0 bridgehead atoms. The van der Waals surface area contributed by atoms with Crippen LogP contribution in [0.3, 0.4) is 0 Å². The van der Waals surface area contributed by atoms with Gasteiger partial charge < -0.3 is 14.2 Å². The Balaban J connectivity index is 1.92. The van der Waals surface area contributed by atoms with Crippen LogP contribution in [0.4, 0.5) is 0 Å². The standard InChI is InChI=1S/C19H21N3O3/c1-4-24-16-10-9-14(12-17(16)25-5-2)19-20-18(21-22-19)13-7-6-8-15(11-13)23-3/h6-12H,4-5H2,1-3H3,(H,20,21,22). The second-order valence-corrected chi connectivity index (χ2v) is 5.27. The number of methoxy groups -OCH3 is 1. The lowest BCUT2D eigenvalue weighted by Gasteiger charge is -2.11. The predicted molar refractivity (Wildman–Crippen MR) is 96.1 cm³/mol. The Labute approximate surface area is 146 Å². The van der Waals surface area contributed by atoms with Crippen LogP contribution in [0.25, 0.3) is 22.8 Å². The summed E-state index contributed by atoms with van der Waals surface area (Å²) in [6, 6.07) is 13.4. The van der Waals surface area contributed by atoms with E-state index in [-0.39, 0.29) is 0 Å². The molecule has 0 spiro atoms. The highest BCUT2D eigenvalue weighted by Crippen LogP contribution is 2.32. The first kappa shape index (κ1) is 16.8. The molecule has 0 aliphatic rings. The van der Waals surface area contributed by atoms with Crippen LogP contribution in [0, 0.1) is 0 Å². The third-order valence-corrected chi connectivity index (χ3v) is 3.63. The Kier molecular flexibility index (Phi) is 5.18. The summed E-state index contributed by atoms with van der Waals surface area (Å²) in [4.78, 5) is 4.58. The zero-order chi connectivity index (χ0) is 17.6. The van der Waals surface area contributed by atoms with Crippen LogP contribution in [0.2, 0.25) is 0 Å². The van der Waals surface area contributed by atoms with Gasteiger partial charge >= 0.3 is 0 Å². The number of nitrogens with one attached hydrogen (secondary N) is 1. The molecule has 6 nitrogen and oxygen atoms in total. The van der Waals surface area contributed by atoms with Gasteiger partial charge in [0, 0.05) is 11.1 Å². The number of ether oxygens (including phenoxy) is 3. The van der Waals surface area contributed by atoms with E-state index >= 15 is 0 Å². The van der Waals surface area contributed by atoms with Gasteiger partial charge in [-0.15, -0.1) is 0 Å². The molecule has 1 N–H and O–H groups in total. The summed E-state index contributed by atoms with van der Waals surface area (Å²) in [5.74, 6) is 3.47. The normalized spacial score (nSPS) is 10.5. The average Bonchev–Trinajstić information content (AvgIpc) is 3.14. The number of hydrogen-bond donors (Lipinski definition) is 1. The number of benzene rings is 2. The molecule has 0 radical (unpaired) electrons. The van der Waals surface area contributed by atoms with Crippen molar-refractivity contribution in [3.63, 3.8) is 0 Å². The average molecular weight is 339 g/mol. The van der Waals surface area contributed by atoms with Gasteiger partial charge in [-0.1, -0.05) is 12.1 Å². The SMILES string of the molecule is CCOc1ccc(-c2nc(-c3cccc(OC)c3)n[nH]2)cc1OCC. The summed E-state index contributed by atoms with van der Waals surface area (Å²) < 4.78 is 16.5. The summed E-state index contributed by atoms with van der Waals surface area (Å²) in [5.41, 5.74) is 1.77. The summed E-state index contributed by atoms with van der Waals surface area (Å²) in [6.45, 7) is 5.04. The predicted octanol–water partition coefficient (Wildman–Crippen LogP) is 3.94. The van der Waals surface area contributed by atoms with Crippen LogP contribution in [0.5, 0.6) is 17.2 Å². The molecule has 1 heterocycles. The molecule has 0 fully saturated rings. The molecule has 6 heteroatoms. The van der Waals surface area contributed by atoms with Crippen molar-refractivity contribution in [2.24, 2.45) is 0 Å². The van der Waals surface area contributed by atoms with Crippen LogP contribution in [0.15, 0.2) is 42.5 Å². The van der Waals surface area contributed by atoms with Crippen LogP contribution in [-0.2, 0) is 0 Å². The van der Waals surface area contributed by atoms with Crippen molar-refractivity contribution < 1.29 is 14.2 Å². The first-order valence-electron chi connectivity index (χ1n) is 8.22. The fourth-order valence-corrected chi connectivity index (χ4v) is 2.48. The highest BCUT2D eigenvalue weighted by atomic mass is 16.5. The van der Waals surface area contributed by atoms with Crippen LogP contribution in [0.1, 0.15) is 13.8 Å². The zero-order valence-corrected chi connectivity index (χ0v) is 14.6. The van der Waals surface area contributed by atoms with Gasteiger partial charge in [0.25, 0.3) is 0 Å². The third-order valence-electron chi connectivity index (χ3n) is 3.63. The molecule has 1 aromatic heterocycles. The lowest BCUT2D eigenvalue weighted by atomic mass is 10.2. The van der Waals surface area contributed by atoms with Gasteiger partial charge in [0.2, 0.25) is 0 Å². The summed E-state index contributed by atoms with van der Waals surface area (Å²) in [5, 5.41) is 7.29. The van der Waals surface area contributed by atoms with E-state index in [1.54, 1.807) is 7.11 Å². The van der Waals surface area contributed by atoms with Crippen molar-refractivity contribution in [1.29, 1.82) is 0 Å². The first-order chi connectivity index (χ1) is 12.2. The number of hydrogen-bond acceptors (Lipinski definition) is 5. The summed E-state index contributed by atoms with van der Waals surface area (Å²) >= 11 is 0. The largest absolute Gasteiger partial charge is 0.497 e. The highest BCUT2D eigenvalue weighted by molar-refractivity contribution is 5.65.